The average Bonchev–Trinajstić information content (AvgIpc) is 2.98. The molecule has 29 heavy (non-hydrogen) atoms. The summed E-state index contributed by atoms with van der Waals surface area (Å²) in [7, 11) is -3.44. The lowest BCUT2D eigenvalue weighted by atomic mass is 10.1. The maximum absolute atomic E-state index is 13.1. The Hall–Kier alpha value is -3.07. The van der Waals surface area contributed by atoms with Crippen LogP contribution < -0.4 is 5.11 Å². The van der Waals surface area contributed by atoms with Gasteiger partial charge in [-0.1, -0.05) is 18.2 Å². The van der Waals surface area contributed by atoms with Crippen molar-refractivity contribution in [3.63, 3.8) is 0 Å². The molecule has 0 spiro atoms. The Morgan fingerprint density at radius 1 is 1.03 bits per heavy atom. The van der Waals surface area contributed by atoms with Gasteiger partial charge in [0.2, 0.25) is 0 Å². The van der Waals surface area contributed by atoms with E-state index in [1.807, 2.05) is 0 Å². The molecule has 3 aromatic rings. The molecule has 0 aliphatic rings. The highest BCUT2D eigenvalue weighted by molar-refractivity contribution is 7.90. The summed E-state index contributed by atoms with van der Waals surface area (Å²) in [6.45, 7) is 1.46. The predicted octanol–water partition coefficient (Wildman–Crippen LogP) is 3.24. The number of carbonyl (C=O) groups excluding carboxylic acids is 1. The van der Waals surface area contributed by atoms with Gasteiger partial charge < -0.3 is 14.5 Å². The van der Waals surface area contributed by atoms with Crippen molar-refractivity contribution in [1.82, 2.24) is 4.57 Å². The Morgan fingerprint density at radius 3 is 2.17 bits per heavy atom. The molecule has 1 aromatic heterocycles. The first-order valence-corrected chi connectivity index (χ1v) is 10.2. The van der Waals surface area contributed by atoms with Crippen molar-refractivity contribution >= 4 is 15.8 Å². The Labute approximate surface area is 165 Å². The summed E-state index contributed by atoms with van der Waals surface area (Å²) in [5, 5.41) is 11.5. The number of carboxylic acid groups (broad SMARTS) is 1. The van der Waals surface area contributed by atoms with Gasteiger partial charge in [0.1, 0.15) is 0 Å². The van der Waals surface area contributed by atoms with Crippen LogP contribution in [0, 0.1) is 6.92 Å². The molecule has 3 rings (SSSR count). The van der Waals surface area contributed by atoms with Gasteiger partial charge in [-0.05, 0) is 48.9 Å². The van der Waals surface area contributed by atoms with E-state index in [4.69, 9.17) is 0 Å². The molecule has 0 N–H and O–H groups in total. The summed E-state index contributed by atoms with van der Waals surface area (Å²) in [5.74, 6) is -1.47. The fraction of sp³-hybridized carbons (Fsp3) is 0.150. The molecule has 1 heterocycles. The van der Waals surface area contributed by atoms with Crippen molar-refractivity contribution in [3.8, 4) is 16.9 Å². The van der Waals surface area contributed by atoms with Gasteiger partial charge in [0.05, 0.1) is 22.1 Å². The Kier molecular flexibility index (Phi) is 5.04. The van der Waals surface area contributed by atoms with E-state index in [0.717, 1.165) is 18.4 Å². The van der Waals surface area contributed by atoms with E-state index < -0.39 is 27.5 Å². The molecule has 0 unspecified atom stereocenters. The number of sulfone groups is 1. The Balaban J connectivity index is 2.24. The van der Waals surface area contributed by atoms with Crippen LogP contribution in [0.2, 0.25) is 0 Å². The van der Waals surface area contributed by atoms with Gasteiger partial charge in [0.15, 0.2) is 9.84 Å². The van der Waals surface area contributed by atoms with Crippen LogP contribution in [0.4, 0.5) is 13.2 Å². The number of aromatic nitrogens is 1. The van der Waals surface area contributed by atoms with Crippen LogP contribution in [0.3, 0.4) is 0 Å². The minimum Gasteiger partial charge on any atom is -0.545 e. The standard InChI is InChI=1S/C20H16F3NO4S/c1-12-17(19(25)26)11-18(13-6-8-16(9-7-13)29(2,27)28)24(12)15-5-3-4-14(10-15)20(21,22)23/h3-11H,1-2H3,(H,25,26)/p-1. The number of carboxylic acids is 1. The molecule has 0 radical (unpaired) electrons. The highest BCUT2D eigenvalue weighted by Gasteiger charge is 2.31. The first-order valence-electron chi connectivity index (χ1n) is 8.31. The number of rotatable bonds is 4. The Bertz CT molecular complexity index is 1190. The zero-order chi connectivity index (χ0) is 21.6. The van der Waals surface area contributed by atoms with Gasteiger partial charge in [0.25, 0.3) is 0 Å². The van der Waals surface area contributed by atoms with Gasteiger partial charge in [-0.3, -0.25) is 0 Å². The molecule has 152 valence electrons. The average molecular weight is 422 g/mol. The van der Waals surface area contributed by atoms with E-state index >= 15 is 0 Å². The van der Waals surface area contributed by atoms with Crippen LogP contribution >= 0.6 is 0 Å². The summed E-state index contributed by atoms with van der Waals surface area (Å²) in [4.78, 5) is 11.5. The second-order valence-electron chi connectivity index (χ2n) is 6.50. The zero-order valence-corrected chi connectivity index (χ0v) is 16.1. The molecule has 0 aliphatic heterocycles. The third-order valence-corrected chi connectivity index (χ3v) is 5.61. The summed E-state index contributed by atoms with van der Waals surface area (Å²) >= 11 is 0. The monoisotopic (exact) mass is 422 g/mol. The van der Waals surface area contributed by atoms with Crippen molar-refractivity contribution in [2.75, 3.05) is 6.26 Å². The van der Waals surface area contributed by atoms with E-state index in [1.54, 1.807) is 0 Å². The lowest BCUT2D eigenvalue weighted by molar-refractivity contribution is -0.255. The van der Waals surface area contributed by atoms with E-state index in [2.05, 4.69) is 0 Å². The number of hydrogen-bond donors (Lipinski definition) is 0. The number of alkyl halides is 3. The molecule has 9 heteroatoms. The predicted molar refractivity (Wildman–Crippen MR) is 98.4 cm³/mol. The smallest absolute Gasteiger partial charge is 0.416 e. The molecule has 0 saturated heterocycles. The maximum Gasteiger partial charge on any atom is 0.416 e. The minimum absolute atomic E-state index is 0.0651. The van der Waals surface area contributed by atoms with Gasteiger partial charge in [-0.2, -0.15) is 13.2 Å². The molecular weight excluding hydrogens is 407 g/mol. The molecule has 0 amide bonds. The van der Waals surface area contributed by atoms with E-state index in [-0.39, 0.29) is 21.8 Å². The zero-order valence-electron chi connectivity index (χ0n) is 15.3. The van der Waals surface area contributed by atoms with Gasteiger partial charge >= 0.3 is 6.18 Å². The lowest BCUT2D eigenvalue weighted by Gasteiger charge is -2.15. The van der Waals surface area contributed by atoms with Gasteiger partial charge in [-0.15, -0.1) is 0 Å². The third-order valence-electron chi connectivity index (χ3n) is 4.48. The molecule has 0 aliphatic carbocycles. The number of nitrogens with zero attached hydrogens (tertiary/aromatic N) is 1. The summed E-state index contributed by atoms with van der Waals surface area (Å²) in [5.41, 5.74) is -0.0221. The first kappa shape index (κ1) is 20.7. The number of carbonyl (C=O) groups is 1. The van der Waals surface area contributed by atoms with Gasteiger partial charge in [-0.25, -0.2) is 8.42 Å². The van der Waals surface area contributed by atoms with Crippen LogP contribution in [0.5, 0.6) is 0 Å². The van der Waals surface area contributed by atoms with Crippen molar-refractivity contribution in [2.24, 2.45) is 0 Å². The number of aromatic carboxylic acids is 1. The summed E-state index contributed by atoms with van der Waals surface area (Å²) in [6, 6.07) is 11.4. The van der Waals surface area contributed by atoms with Gasteiger partial charge in [0, 0.05) is 23.2 Å². The van der Waals surface area contributed by atoms with E-state index in [0.29, 0.717) is 11.3 Å². The minimum atomic E-state index is -4.56. The largest absolute Gasteiger partial charge is 0.545 e. The fourth-order valence-corrected chi connectivity index (χ4v) is 3.68. The van der Waals surface area contributed by atoms with Crippen LogP contribution in [-0.2, 0) is 16.0 Å². The second-order valence-corrected chi connectivity index (χ2v) is 8.51. The molecule has 0 fully saturated rings. The molecule has 2 aromatic carbocycles. The maximum atomic E-state index is 13.1. The van der Waals surface area contributed by atoms with Crippen molar-refractivity contribution in [2.45, 2.75) is 18.0 Å². The number of benzene rings is 2. The second kappa shape index (κ2) is 7.07. The van der Waals surface area contributed by atoms with Crippen LogP contribution in [0.25, 0.3) is 16.9 Å². The molecule has 5 nitrogen and oxygen atoms in total. The summed E-state index contributed by atoms with van der Waals surface area (Å²) in [6.07, 6.45) is -3.52. The van der Waals surface area contributed by atoms with Crippen molar-refractivity contribution in [3.05, 3.63) is 71.4 Å². The normalized spacial score (nSPS) is 12.2. The fourth-order valence-electron chi connectivity index (χ4n) is 3.05. The van der Waals surface area contributed by atoms with Crippen LogP contribution in [0.15, 0.2) is 59.5 Å². The number of halogens is 3. The third kappa shape index (κ3) is 4.04. The highest BCUT2D eigenvalue weighted by atomic mass is 32.2. The lowest BCUT2D eigenvalue weighted by Crippen LogP contribution is -2.22. The summed E-state index contributed by atoms with van der Waals surface area (Å²) < 4.78 is 64.1. The molecular formula is C20H15F3NO4S-. The van der Waals surface area contributed by atoms with E-state index in [1.165, 1.54) is 54.0 Å². The SMILES string of the molecule is Cc1c(C(=O)[O-])cc(-c2ccc(S(C)(=O)=O)cc2)n1-c1cccc(C(F)(F)F)c1. The topological polar surface area (TPSA) is 79.2 Å². The van der Waals surface area contributed by atoms with Crippen LogP contribution in [0.1, 0.15) is 21.6 Å². The highest BCUT2D eigenvalue weighted by Crippen LogP contribution is 2.34. The van der Waals surface area contributed by atoms with Crippen LogP contribution in [-0.4, -0.2) is 25.2 Å². The van der Waals surface area contributed by atoms with Crippen molar-refractivity contribution in [1.29, 1.82) is 0 Å². The van der Waals surface area contributed by atoms with Crippen molar-refractivity contribution < 1.29 is 31.5 Å². The quantitative estimate of drug-likeness (QED) is 0.647. The number of hydrogen-bond acceptors (Lipinski definition) is 4. The first-order chi connectivity index (χ1) is 13.4. The molecule has 0 saturated carbocycles. The Morgan fingerprint density at radius 2 is 1.66 bits per heavy atom. The molecule has 0 atom stereocenters. The molecule has 0 bridgehead atoms. The van der Waals surface area contributed by atoms with E-state index in [9.17, 15) is 31.5 Å².